The average Bonchev–Trinajstić information content (AvgIpc) is 4.04. The van der Waals surface area contributed by atoms with Crippen LogP contribution in [-0.2, 0) is 0 Å². The van der Waals surface area contributed by atoms with Crippen LogP contribution in [0.4, 0.5) is 0 Å². The van der Waals surface area contributed by atoms with Gasteiger partial charge in [-0.2, -0.15) is 0 Å². The van der Waals surface area contributed by atoms with Crippen LogP contribution in [-0.4, -0.2) is 18.3 Å². The Kier molecular flexibility index (Phi) is 6.98. The van der Waals surface area contributed by atoms with E-state index in [1.54, 1.807) is 0 Å². The summed E-state index contributed by atoms with van der Waals surface area (Å²) in [5.74, 6) is 0. The van der Waals surface area contributed by atoms with Crippen molar-refractivity contribution in [3.05, 3.63) is 218 Å². The molecule has 0 atom stereocenters. The third kappa shape index (κ3) is 4.67. The Morgan fingerprint density at radius 3 is 1.07 bits per heavy atom. The van der Waals surface area contributed by atoms with Crippen molar-refractivity contribution in [2.24, 2.45) is 0 Å². The topological polar surface area (TPSA) is 19.7 Å². The third-order valence-electron chi connectivity index (χ3n) is 12.5. The van der Waals surface area contributed by atoms with Crippen LogP contribution in [0.1, 0.15) is 0 Å². The fraction of sp³-hybridized carbons (Fsp3) is 0. The van der Waals surface area contributed by atoms with E-state index >= 15 is 0 Å². The minimum Gasteiger partial charge on any atom is -0.309 e. The van der Waals surface area contributed by atoms with Crippen molar-refractivity contribution < 1.29 is 0 Å². The molecule has 60 heavy (non-hydrogen) atoms. The predicted molar refractivity (Wildman–Crippen MR) is 252 cm³/mol. The Hall–Kier alpha value is -8.08. The summed E-state index contributed by atoms with van der Waals surface area (Å²) in [5, 5.41) is 7.42. The number of para-hydroxylation sites is 6. The average molecular weight is 765 g/mol. The number of hydrogen-bond acceptors (Lipinski definition) is 0. The molecule has 4 nitrogen and oxygen atoms in total. The smallest absolute Gasteiger partial charge is 0.0804 e. The molecule has 4 aromatic heterocycles. The predicted octanol–water partition coefficient (Wildman–Crippen LogP) is 14.6. The molecule has 0 aliphatic carbocycles. The molecule has 0 amide bonds. The van der Waals surface area contributed by atoms with Crippen LogP contribution in [0.15, 0.2) is 218 Å². The summed E-state index contributed by atoms with van der Waals surface area (Å²) in [6.07, 6.45) is 0. The van der Waals surface area contributed by atoms with Crippen molar-refractivity contribution in [1.82, 2.24) is 18.3 Å². The van der Waals surface area contributed by atoms with Gasteiger partial charge in [0, 0.05) is 55.1 Å². The normalized spacial score (nSPS) is 12.0. The Morgan fingerprint density at radius 1 is 0.200 bits per heavy atom. The van der Waals surface area contributed by atoms with Gasteiger partial charge in [0.2, 0.25) is 0 Å². The lowest BCUT2D eigenvalue weighted by Crippen LogP contribution is -1.96. The molecule has 4 heteroatoms. The molecule has 9 aromatic carbocycles. The van der Waals surface area contributed by atoms with Crippen molar-refractivity contribution in [2.75, 3.05) is 0 Å². The van der Waals surface area contributed by atoms with Crippen LogP contribution < -0.4 is 0 Å². The lowest BCUT2D eigenvalue weighted by molar-refractivity contribution is 1.17. The second kappa shape index (κ2) is 12.7. The second-order valence-corrected chi connectivity index (χ2v) is 15.8. The minimum absolute atomic E-state index is 1.13. The highest BCUT2D eigenvalue weighted by molar-refractivity contribution is 6.21. The zero-order chi connectivity index (χ0) is 39.3. The number of benzene rings is 9. The molecule has 0 bridgehead atoms. The molecule has 280 valence electrons. The second-order valence-electron chi connectivity index (χ2n) is 15.8. The van der Waals surface area contributed by atoms with Crippen molar-refractivity contribution >= 4 is 76.5 Å². The van der Waals surface area contributed by atoms with Gasteiger partial charge in [0.25, 0.3) is 0 Å². The van der Waals surface area contributed by atoms with Crippen molar-refractivity contribution in [3.63, 3.8) is 0 Å². The standard InChI is InChI=1S/C56H36N4/c1-4-16-39(17-5-1)57-49-25-13-10-22-43(49)46-34-37(28-31-52(46)57)38-29-32-53-47(35-38)44-23-11-14-26-50(44)58(53)42-30-33-54-48(36-42)56-55(60(54)41-20-8-3-9-21-41)45-24-12-15-27-51(45)59(56)40-18-6-2-7-19-40/h1-36H. The van der Waals surface area contributed by atoms with Crippen LogP contribution in [0.5, 0.6) is 0 Å². The van der Waals surface area contributed by atoms with Gasteiger partial charge in [-0.3, -0.25) is 0 Å². The molecule has 0 saturated carbocycles. The molecule has 0 unspecified atom stereocenters. The first-order chi connectivity index (χ1) is 29.8. The third-order valence-corrected chi connectivity index (χ3v) is 12.5. The number of fused-ring (bicyclic) bond motifs is 11. The monoisotopic (exact) mass is 764 g/mol. The highest BCUT2D eigenvalue weighted by atomic mass is 15.1. The van der Waals surface area contributed by atoms with Crippen LogP contribution in [0.3, 0.4) is 0 Å². The molecule has 13 aromatic rings. The first-order valence-corrected chi connectivity index (χ1v) is 20.6. The van der Waals surface area contributed by atoms with E-state index in [4.69, 9.17) is 0 Å². The van der Waals surface area contributed by atoms with Crippen LogP contribution in [0.25, 0.3) is 110 Å². The Labute approximate surface area is 345 Å². The van der Waals surface area contributed by atoms with Gasteiger partial charge in [0.05, 0.1) is 44.1 Å². The van der Waals surface area contributed by atoms with Gasteiger partial charge in [0.15, 0.2) is 0 Å². The zero-order valence-electron chi connectivity index (χ0n) is 32.6. The quantitative estimate of drug-likeness (QED) is 0.166. The number of hydrogen-bond donors (Lipinski definition) is 0. The molecular weight excluding hydrogens is 729 g/mol. The highest BCUT2D eigenvalue weighted by Crippen LogP contribution is 2.43. The lowest BCUT2D eigenvalue weighted by atomic mass is 10.0. The summed E-state index contributed by atoms with van der Waals surface area (Å²) in [6, 6.07) is 79.6. The lowest BCUT2D eigenvalue weighted by Gasteiger charge is -2.12. The van der Waals surface area contributed by atoms with Gasteiger partial charge in [0.1, 0.15) is 0 Å². The van der Waals surface area contributed by atoms with Crippen molar-refractivity contribution in [1.29, 1.82) is 0 Å². The molecule has 0 aliphatic heterocycles. The van der Waals surface area contributed by atoms with Gasteiger partial charge in [-0.05, 0) is 108 Å². The van der Waals surface area contributed by atoms with E-state index in [-0.39, 0.29) is 0 Å². The van der Waals surface area contributed by atoms with E-state index in [0.717, 1.165) is 17.1 Å². The van der Waals surface area contributed by atoms with E-state index in [1.165, 1.54) is 93.3 Å². The number of nitrogens with zero attached hydrogens (tertiary/aromatic N) is 4. The largest absolute Gasteiger partial charge is 0.309 e. The summed E-state index contributed by atoms with van der Waals surface area (Å²) >= 11 is 0. The van der Waals surface area contributed by atoms with Gasteiger partial charge in [-0.25, -0.2) is 0 Å². The van der Waals surface area contributed by atoms with Gasteiger partial charge in [-0.1, -0.05) is 121 Å². The molecule has 0 N–H and O–H groups in total. The van der Waals surface area contributed by atoms with E-state index in [1.807, 2.05) is 0 Å². The van der Waals surface area contributed by atoms with E-state index < -0.39 is 0 Å². The van der Waals surface area contributed by atoms with Gasteiger partial charge < -0.3 is 18.3 Å². The van der Waals surface area contributed by atoms with E-state index in [0.29, 0.717) is 0 Å². The highest BCUT2D eigenvalue weighted by Gasteiger charge is 2.23. The maximum absolute atomic E-state index is 2.45. The molecule has 0 saturated heterocycles. The van der Waals surface area contributed by atoms with Gasteiger partial charge >= 0.3 is 0 Å². The van der Waals surface area contributed by atoms with Crippen molar-refractivity contribution in [2.45, 2.75) is 0 Å². The molecule has 0 fully saturated rings. The Balaban J connectivity index is 1.04. The number of aromatic nitrogens is 4. The van der Waals surface area contributed by atoms with Gasteiger partial charge in [-0.15, -0.1) is 0 Å². The first-order valence-electron chi connectivity index (χ1n) is 20.6. The fourth-order valence-electron chi connectivity index (χ4n) is 9.99. The van der Waals surface area contributed by atoms with Crippen LogP contribution in [0.2, 0.25) is 0 Å². The first kappa shape index (κ1) is 32.9. The zero-order valence-corrected chi connectivity index (χ0v) is 32.6. The summed E-state index contributed by atoms with van der Waals surface area (Å²) < 4.78 is 9.72. The Morgan fingerprint density at radius 2 is 0.550 bits per heavy atom. The summed E-state index contributed by atoms with van der Waals surface area (Å²) in [6.45, 7) is 0. The van der Waals surface area contributed by atoms with E-state index in [9.17, 15) is 0 Å². The molecule has 0 radical (unpaired) electrons. The van der Waals surface area contributed by atoms with E-state index in [2.05, 4.69) is 237 Å². The molecular formula is C56H36N4. The fourth-order valence-corrected chi connectivity index (χ4v) is 9.99. The molecule has 4 heterocycles. The van der Waals surface area contributed by atoms with Crippen molar-refractivity contribution in [3.8, 4) is 33.9 Å². The maximum Gasteiger partial charge on any atom is 0.0804 e. The Bertz CT molecular complexity index is 3770. The summed E-state index contributed by atoms with van der Waals surface area (Å²) in [4.78, 5) is 0. The molecule has 13 rings (SSSR count). The maximum atomic E-state index is 2.45. The molecule has 0 aliphatic rings. The SMILES string of the molecule is c1ccc(-n2c3ccccc3c3cc(-c4ccc5c(c4)c4ccccc4n5-c4ccc5c(c4)c4c(c6ccccc6n4-c4ccccc4)n5-c4ccccc4)ccc32)cc1. The van der Waals surface area contributed by atoms with Crippen LogP contribution in [0, 0.1) is 0 Å². The molecule has 0 spiro atoms. The summed E-state index contributed by atoms with van der Waals surface area (Å²) in [7, 11) is 0. The number of rotatable bonds is 5. The van der Waals surface area contributed by atoms with Crippen LogP contribution >= 0.6 is 0 Å². The minimum atomic E-state index is 1.13. The summed E-state index contributed by atoms with van der Waals surface area (Å²) in [5.41, 5.74) is 16.6.